The molecule has 0 aromatic carbocycles. The molecule has 0 aromatic heterocycles. The predicted molar refractivity (Wildman–Crippen MR) is 118 cm³/mol. The van der Waals surface area contributed by atoms with E-state index < -0.39 is 38.6 Å². The van der Waals surface area contributed by atoms with Crippen molar-refractivity contribution >= 4 is 26.2 Å². The molecule has 31 heavy (non-hydrogen) atoms. The monoisotopic (exact) mass is 455 g/mol. The lowest BCUT2D eigenvalue weighted by molar-refractivity contribution is -0.161. The van der Waals surface area contributed by atoms with Gasteiger partial charge >= 0.3 is 6.16 Å². The number of Topliss-reactive ketones (excluding diaryl/α,β-unsaturated/α-hetero) is 1. The molecule has 2 aliphatic heterocycles. The summed E-state index contributed by atoms with van der Waals surface area (Å²) in [4.78, 5) is 36.9. The summed E-state index contributed by atoms with van der Waals surface area (Å²) < 4.78 is 22.0. The summed E-state index contributed by atoms with van der Waals surface area (Å²) in [5, 5.41) is 2.87. The second kappa shape index (κ2) is 10.3. The van der Waals surface area contributed by atoms with Crippen molar-refractivity contribution in [2.75, 3.05) is 19.8 Å². The quantitative estimate of drug-likeness (QED) is 0.247. The van der Waals surface area contributed by atoms with Crippen LogP contribution in [0.2, 0.25) is 18.1 Å². The lowest BCUT2D eigenvalue weighted by Crippen LogP contribution is -2.69. The van der Waals surface area contributed by atoms with E-state index in [9.17, 15) is 14.4 Å². The van der Waals surface area contributed by atoms with Crippen LogP contribution in [-0.2, 0) is 28.2 Å². The predicted octanol–water partition coefficient (Wildman–Crippen LogP) is 3.21. The number of amides is 1. The Labute approximate surface area is 186 Å². The zero-order valence-electron chi connectivity index (χ0n) is 19.6. The van der Waals surface area contributed by atoms with Crippen LogP contribution in [0.1, 0.15) is 40.5 Å². The van der Waals surface area contributed by atoms with Crippen molar-refractivity contribution in [1.82, 2.24) is 5.32 Å². The molecular weight excluding hydrogens is 418 g/mol. The average Bonchev–Trinajstić information content (AvgIpc) is 2.65. The van der Waals surface area contributed by atoms with Gasteiger partial charge < -0.3 is 24.0 Å². The van der Waals surface area contributed by atoms with Crippen molar-refractivity contribution in [3.8, 4) is 0 Å². The number of hydrogen-bond acceptors (Lipinski definition) is 7. The van der Waals surface area contributed by atoms with Crippen molar-refractivity contribution in [3.63, 3.8) is 0 Å². The standard InChI is InChI=1S/C22H37NO7Si/c1-8-11-28-21(26)30-14(2)16-17(23-20(16)25)19-18(24)15(9-12-27-19)10-13-29-31(6,7)22(3,4)5/h8,14-17,19H,1,9-13H2,2-7H3,(H,23,25)/t14-,15?,16-,17+,19-/m1/s1. The summed E-state index contributed by atoms with van der Waals surface area (Å²) in [6.45, 7) is 17.0. The molecule has 0 aliphatic carbocycles. The van der Waals surface area contributed by atoms with Crippen LogP contribution in [0.4, 0.5) is 4.79 Å². The minimum atomic E-state index is -1.87. The first kappa shape index (κ1) is 25.5. The highest BCUT2D eigenvalue weighted by atomic mass is 28.4. The molecule has 9 heteroatoms. The van der Waals surface area contributed by atoms with Crippen LogP contribution in [0, 0.1) is 11.8 Å². The SMILES string of the molecule is C=CCOC(=O)O[C@H](C)[C@H]1C(=O)N[C@@H]1[C@H]1OCCC(CCO[Si](C)(C)C(C)(C)C)C1=O. The molecule has 2 rings (SSSR count). The van der Waals surface area contributed by atoms with Crippen LogP contribution in [0.5, 0.6) is 0 Å². The van der Waals surface area contributed by atoms with Gasteiger partial charge in [0.1, 0.15) is 18.8 Å². The summed E-state index contributed by atoms with van der Waals surface area (Å²) >= 11 is 0. The highest BCUT2D eigenvalue weighted by molar-refractivity contribution is 6.74. The summed E-state index contributed by atoms with van der Waals surface area (Å²) in [6, 6.07) is -0.522. The van der Waals surface area contributed by atoms with Gasteiger partial charge in [-0.05, 0) is 37.9 Å². The highest BCUT2D eigenvalue weighted by Crippen LogP contribution is 2.37. The number of ether oxygens (including phenoxy) is 3. The van der Waals surface area contributed by atoms with Crippen LogP contribution < -0.4 is 5.32 Å². The topological polar surface area (TPSA) is 100 Å². The number of β-lactam (4-membered cyclic amide) rings is 1. The highest BCUT2D eigenvalue weighted by Gasteiger charge is 2.52. The van der Waals surface area contributed by atoms with Gasteiger partial charge in [0.05, 0.1) is 12.0 Å². The molecule has 2 heterocycles. The zero-order chi connectivity index (χ0) is 23.4. The van der Waals surface area contributed by atoms with E-state index in [0.717, 1.165) is 0 Å². The number of carbonyl (C=O) groups excluding carboxylic acids is 3. The molecule has 0 bridgehead atoms. The Hall–Kier alpha value is -1.71. The summed E-state index contributed by atoms with van der Waals surface area (Å²) in [7, 11) is -1.87. The van der Waals surface area contributed by atoms with Crippen molar-refractivity contribution in [2.24, 2.45) is 11.8 Å². The lowest BCUT2D eigenvalue weighted by Gasteiger charge is -2.45. The molecule has 2 aliphatic rings. The number of rotatable bonds is 9. The molecule has 1 N–H and O–H groups in total. The Balaban J connectivity index is 1.93. The van der Waals surface area contributed by atoms with E-state index in [2.05, 4.69) is 45.8 Å². The van der Waals surface area contributed by atoms with E-state index >= 15 is 0 Å². The van der Waals surface area contributed by atoms with Crippen molar-refractivity contribution in [2.45, 2.75) is 76.9 Å². The molecule has 1 unspecified atom stereocenters. The Kier molecular flexibility index (Phi) is 8.46. The normalized spacial score (nSPS) is 27.7. The fourth-order valence-corrected chi connectivity index (χ4v) is 4.67. The molecule has 2 saturated heterocycles. The third-order valence-corrected chi connectivity index (χ3v) is 11.2. The van der Waals surface area contributed by atoms with Crippen molar-refractivity contribution in [1.29, 1.82) is 0 Å². The maximum Gasteiger partial charge on any atom is 0.508 e. The average molecular weight is 456 g/mol. The zero-order valence-corrected chi connectivity index (χ0v) is 20.6. The summed E-state index contributed by atoms with van der Waals surface area (Å²) in [6.07, 6.45) is 0.341. The number of ketones is 1. The molecule has 176 valence electrons. The first-order valence-electron chi connectivity index (χ1n) is 10.9. The van der Waals surface area contributed by atoms with E-state index in [0.29, 0.717) is 26.1 Å². The molecule has 0 radical (unpaired) electrons. The fourth-order valence-electron chi connectivity index (χ4n) is 3.61. The maximum absolute atomic E-state index is 13.1. The molecule has 0 aromatic rings. The molecule has 5 atom stereocenters. The van der Waals surface area contributed by atoms with Crippen LogP contribution in [0.25, 0.3) is 0 Å². The number of nitrogens with one attached hydrogen (secondary N) is 1. The maximum atomic E-state index is 13.1. The van der Waals surface area contributed by atoms with Crippen LogP contribution >= 0.6 is 0 Å². The first-order chi connectivity index (χ1) is 14.4. The van der Waals surface area contributed by atoms with Crippen LogP contribution in [0.3, 0.4) is 0 Å². The van der Waals surface area contributed by atoms with Gasteiger partial charge in [-0.1, -0.05) is 33.4 Å². The van der Waals surface area contributed by atoms with Crippen LogP contribution in [0.15, 0.2) is 12.7 Å². The van der Waals surface area contributed by atoms with Gasteiger partial charge in [0.15, 0.2) is 14.1 Å². The van der Waals surface area contributed by atoms with Gasteiger partial charge in [-0.15, -0.1) is 0 Å². The first-order valence-corrected chi connectivity index (χ1v) is 13.8. The van der Waals surface area contributed by atoms with Crippen molar-refractivity contribution < 1.29 is 33.0 Å². The molecule has 0 spiro atoms. The third-order valence-electron chi connectivity index (χ3n) is 6.61. The van der Waals surface area contributed by atoms with E-state index in [4.69, 9.17) is 18.6 Å². The van der Waals surface area contributed by atoms with Gasteiger partial charge in [-0.3, -0.25) is 9.59 Å². The second-order valence-corrected chi connectivity index (χ2v) is 14.6. The lowest BCUT2D eigenvalue weighted by atomic mass is 9.77. The molecule has 2 fully saturated rings. The van der Waals surface area contributed by atoms with Gasteiger partial charge in [-0.2, -0.15) is 0 Å². The molecule has 8 nitrogen and oxygen atoms in total. The van der Waals surface area contributed by atoms with Gasteiger partial charge in [0.2, 0.25) is 5.91 Å². The fraction of sp³-hybridized carbons (Fsp3) is 0.773. The third kappa shape index (κ3) is 6.17. The Morgan fingerprint density at radius 2 is 2.03 bits per heavy atom. The van der Waals surface area contributed by atoms with E-state index in [1.54, 1.807) is 6.92 Å². The van der Waals surface area contributed by atoms with E-state index in [1.807, 2.05) is 0 Å². The summed E-state index contributed by atoms with van der Waals surface area (Å²) in [5.74, 6) is -1.13. The summed E-state index contributed by atoms with van der Waals surface area (Å²) in [5.41, 5.74) is 0. The van der Waals surface area contributed by atoms with Gasteiger partial charge in [0.25, 0.3) is 0 Å². The Morgan fingerprint density at radius 1 is 1.35 bits per heavy atom. The van der Waals surface area contributed by atoms with Crippen LogP contribution in [-0.4, -0.2) is 64.2 Å². The molecular formula is C22H37NO7Si. The van der Waals surface area contributed by atoms with Gasteiger partial charge in [0, 0.05) is 19.1 Å². The smallest absolute Gasteiger partial charge is 0.430 e. The minimum absolute atomic E-state index is 0.0225. The Bertz CT molecular complexity index is 688. The Morgan fingerprint density at radius 3 is 2.61 bits per heavy atom. The largest absolute Gasteiger partial charge is 0.508 e. The second-order valence-electron chi connectivity index (χ2n) is 9.81. The number of carbonyl (C=O) groups is 3. The van der Waals surface area contributed by atoms with Gasteiger partial charge in [-0.25, -0.2) is 4.79 Å². The molecule has 0 saturated carbocycles. The van der Waals surface area contributed by atoms with E-state index in [1.165, 1.54) is 6.08 Å². The molecule has 1 amide bonds. The van der Waals surface area contributed by atoms with Crippen molar-refractivity contribution in [3.05, 3.63) is 12.7 Å². The number of hydrogen-bond donors (Lipinski definition) is 1. The van der Waals surface area contributed by atoms with E-state index in [-0.39, 0.29) is 29.3 Å². The minimum Gasteiger partial charge on any atom is -0.430 e.